The Bertz CT molecular complexity index is 752. The maximum Gasteiger partial charge on any atom is 0.340 e. The van der Waals surface area contributed by atoms with Crippen molar-refractivity contribution in [3.05, 3.63) is 47.8 Å². The molecule has 0 saturated carbocycles. The summed E-state index contributed by atoms with van der Waals surface area (Å²) in [5, 5.41) is 2.92. The molecule has 0 aliphatic carbocycles. The van der Waals surface area contributed by atoms with Crippen LogP contribution < -0.4 is 5.32 Å². The molecule has 1 aromatic carbocycles. The van der Waals surface area contributed by atoms with Crippen molar-refractivity contribution in [2.24, 2.45) is 0 Å². The third kappa shape index (κ3) is 8.03. The van der Waals surface area contributed by atoms with E-state index in [9.17, 15) is 9.59 Å². The monoisotopic (exact) mass is 415 g/mol. The molecule has 0 saturated heterocycles. The second-order valence-corrected chi connectivity index (χ2v) is 6.90. The second-order valence-electron chi connectivity index (χ2n) is 6.90. The summed E-state index contributed by atoms with van der Waals surface area (Å²) in [6.07, 6.45) is 3.12. The minimum absolute atomic E-state index is 0.110. The van der Waals surface area contributed by atoms with Gasteiger partial charge < -0.3 is 19.9 Å². The first kappa shape index (κ1) is 25.4. The number of benzene rings is 1. The molecule has 0 spiro atoms. The van der Waals surface area contributed by atoms with E-state index in [2.05, 4.69) is 42.9 Å². The molecule has 0 unspecified atom stereocenters. The van der Waals surface area contributed by atoms with E-state index in [4.69, 9.17) is 4.74 Å². The zero-order chi connectivity index (χ0) is 22.4. The highest BCUT2D eigenvalue weighted by molar-refractivity contribution is 6.00. The van der Waals surface area contributed by atoms with Crippen molar-refractivity contribution in [2.75, 3.05) is 32.8 Å². The summed E-state index contributed by atoms with van der Waals surface area (Å²) >= 11 is 0. The third-order valence-electron chi connectivity index (χ3n) is 4.51. The number of hydrogen-bond acceptors (Lipinski definition) is 4. The molecule has 1 aromatic heterocycles. The van der Waals surface area contributed by atoms with Gasteiger partial charge in [-0.05, 0) is 25.6 Å². The average Bonchev–Trinajstić information content (AvgIpc) is 3.16. The number of aromatic amines is 1. The van der Waals surface area contributed by atoms with Crippen molar-refractivity contribution in [1.82, 2.24) is 15.2 Å². The fourth-order valence-corrected chi connectivity index (χ4v) is 3.00. The standard InChI is InChI=1S/C21H29N3O3.C3H8/c1-4-24(5-2)13-12-22-19(25)14-18-20(21(26)27-6-3)17(15-23-18)16-10-8-7-9-11-16;1-3-2/h7-11,15,23H,4-6,12-14H2,1-3H3,(H,22,25);3H2,1-2H3. The fraction of sp³-hybridized carbons (Fsp3) is 0.500. The number of likely N-dealkylation sites (N-methyl/N-ethyl adjacent to an activating group) is 1. The quantitative estimate of drug-likeness (QED) is 0.568. The Kier molecular flexibility index (Phi) is 12.2. The number of amides is 1. The van der Waals surface area contributed by atoms with Gasteiger partial charge in [0, 0.05) is 30.5 Å². The summed E-state index contributed by atoms with van der Waals surface area (Å²) < 4.78 is 5.22. The molecule has 0 bridgehead atoms. The highest BCUT2D eigenvalue weighted by Gasteiger charge is 2.22. The predicted octanol–water partition coefficient (Wildman–Crippen LogP) is 4.28. The number of carbonyl (C=O) groups excluding carboxylic acids is 2. The van der Waals surface area contributed by atoms with Crippen LogP contribution in [0.15, 0.2) is 36.5 Å². The Morgan fingerprint density at radius 3 is 2.23 bits per heavy atom. The molecule has 6 nitrogen and oxygen atoms in total. The summed E-state index contributed by atoms with van der Waals surface area (Å²) in [5.74, 6) is -0.530. The molecule has 0 atom stereocenters. The van der Waals surface area contributed by atoms with Crippen molar-refractivity contribution in [3.63, 3.8) is 0 Å². The van der Waals surface area contributed by atoms with Gasteiger partial charge in [0.25, 0.3) is 0 Å². The molecule has 0 radical (unpaired) electrons. The van der Waals surface area contributed by atoms with Crippen LogP contribution in [0.4, 0.5) is 0 Å². The Hall–Kier alpha value is -2.60. The topological polar surface area (TPSA) is 74.4 Å². The largest absolute Gasteiger partial charge is 0.462 e. The molecule has 6 heteroatoms. The minimum Gasteiger partial charge on any atom is -0.462 e. The van der Waals surface area contributed by atoms with Crippen LogP contribution in [0.3, 0.4) is 0 Å². The van der Waals surface area contributed by atoms with Crippen LogP contribution in [0.5, 0.6) is 0 Å². The molecule has 1 heterocycles. The lowest BCUT2D eigenvalue weighted by molar-refractivity contribution is -0.120. The van der Waals surface area contributed by atoms with Crippen LogP contribution in [0.2, 0.25) is 0 Å². The average molecular weight is 416 g/mol. The SMILES string of the molecule is CCC.CCOC(=O)c1c(-c2ccccc2)c[nH]c1CC(=O)NCCN(CC)CC. The van der Waals surface area contributed by atoms with Gasteiger partial charge in [0.1, 0.15) is 0 Å². The number of esters is 1. The van der Waals surface area contributed by atoms with Crippen LogP contribution >= 0.6 is 0 Å². The van der Waals surface area contributed by atoms with Crippen LogP contribution in [0, 0.1) is 0 Å². The maximum atomic E-state index is 12.5. The Morgan fingerprint density at radius 2 is 1.67 bits per heavy atom. The molecule has 2 aromatic rings. The lowest BCUT2D eigenvalue weighted by Gasteiger charge is -2.17. The molecule has 2 N–H and O–H groups in total. The number of aromatic nitrogens is 1. The summed E-state index contributed by atoms with van der Waals surface area (Å²) in [6.45, 7) is 13.8. The summed E-state index contributed by atoms with van der Waals surface area (Å²) in [5.41, 5.74) is 2.67. The van der Waals surface area contributed by atoms with Gasteiger partial charge >= 0.3 is 5.97 Å². The van der Waals surface area contributed by atoms with Gasteiger partial charge in [0.15, 0.2) is 0 Å². The van der Waals surface area contributed by atoms with E-state index in [1.165, 1.54) is 6.42 Å². The number of carbonyl (C=O) groups is 2. The van der Waals surface area contributed by atoms with Crippen LogP contribution in [0.25, 0.3) is 11.1 Å². The number of ether oxygens (including phenoxy) is 1. The maximum absolute atomic E-state index is 12.5. The van der Waals surface area contributed by atoms with Crippen LogP contribution in [-0.4, -0.2) is 54.5 Å². The smallest absolute Gasteiger partial charge is 0.340 e. The van der Waals surface area contributed by atoms with Gasteiger partial charge in [-0.25, -0.2) is 4.79 Å². The summed E-state index contributed by atoms with van der Waals surface area (Å²) in [6, 6.07) is 9.61. The zero-order valence-electron chi connectivity index (χ0n) is 19.1. The first-order valence-electron chi connectivity index (χ1n) is 10.9. The Morgan fingerprint density at radius 1 is 1.03 bits per heavy atom. The van der Waals surface area contributed by atoms with Gasteiger partial charge in [-0.1, -0.05) is 64.4 Å². The van der Waals surface area contributed by atoms with E-state index in [-0.39, 0.29) is 18.9 Å². The van der Waals surface area contributed by atoms with E-state index in [0.29, 0.717) is 17.8 Å². The first-order chi connectivity index (χ1) is 14.5. The number of rotatable bonds is 10. The molecular weight excluding hydrogens is 378 g/mol. The van der Waals surface area contributed by atoms with E-state index in [0.717, 1.165) is 30.8 Å². The lowest BCUT2D eigenvalue weighted by atomic mass is 10.0. The zero-order valence-corrected chi connectivity index (χ0v) is 19.1. The van der Waals surface area contributed by atoms with Gasteiger partial charge in [0.2, 0.25) is 5.91 Å². The van der Waals surface area contributed by atoms with Crippen molar-refractivity contribution in [3.8, 4) is 11.1 Å². The number of H-pyrrole nitrogens is 1. The van der Waals surface area contributed by atoms with Gasteiger partial charge in [0.05, 0.1) is 18.6 Å². The summed E-state index contributed by atoms with van der Waals surface area (Å²) in [7, 11) is 0. The number of hydrogen-bond donors (Lipinski definition) is 2. The van der Waals surface area contributed by atoms with Gasteiger partial charge in [-0.2, -0.15) is 0 Å². The minimum atomic E-state index is -0.413. The van der Waals surface area contributed by atoms with Gasteiger partial charge in [-0.3, -0.25) is 4.79 Å². The molecule has 30 heavy (non-hydrogen) atoms. The van der Waals surface area contributed by atoms with Crippen molar-refractivity contribution in [1.29, 1.82) is 0 Å². The Balaban J connectivity index is 0.00000141. The second kappa shape index (κ2) is 14.4. The van der Waals surface area contributed by atoms with E-state index < -0.39 is 5.97 Å². The van der Waals surface area contributed by atoms with Crippen LogP contribution in [-0.2, 0) is 16.0 Å². The lowest BCUT2D eigenvalue weighted by Crippen LogP contribution is -2.35. The van der Waals surface area contributed by atoms with Crippen molar-refractivity contribution < 1.29 is 14.3 Å². The molecule has 0 fully saturated rings. The molecule has 2 rings (SSSR count). The highest BCUT2D eigenvalue weighted by Crippen LogP contribution is 2.27. The fourth-order valence-electron chi connectivity index (χ4n) is 3.00. The third-order valence-corrected chi connectivity index (χ3v) is 4.51. The summed E-state index contributed by atoms with van der Waals surface area (Å²) in [4.78, 5) is 30.2. The number of nitrogens with zero attached hydrogens (tertiary/aromatic N) is 1. The van der Waals surface area contributed by atoms with E-state index in [1.54, 1.807) is 13.1 Å². The van der Waals surface area contributed by atoms with E-state index >= 15 is 0 Å². The van der Waals surface area contributed by atoms with Gasteiger partial charge in [-0.15, -0.1) is 0 Å². The first-order valence-corrected chi connectivity index (χ1v) is 10.9. The molecule has 0 aliphatic rings. The molecular formula is C24H37N3O3. The van der Waals surface area contributed by atoms with Crippen LogP contribution in [0.1, 0.15) is 57.1 Å². The molecule has 166 valence electrons. The van der Waals surface area contributed by atoms with Crippen molar-refractivity contribution >= 4 is 11.9 Å². The normalized spacial score (nSPS) is 10.3. The van der Waals surface area contributed by atoms with E-state index in [1.807, 2.05) is 30.3 Å². The van der Waals surface area contributed by atoms with Crippen molar-refractivity contribution in [2.45, 2.75) is 47.5 Å². The molecule has 1 amide bonds. The molecule has 0 aliphatic heterocycles. The Labute approximate surface area is 181 Å². The number of nitrogens with one attached hydrogen (secondary N) is 2. The highest BCUT2D eigenvalue weighted by atomic mass is 16.5. The predicted molar refractivity (Wildman–Crippen MR) is 123 cm³/mol.